The first-order valence-electron chi connectivity index (χ1n) is 14.5. The van der Waals surface area contributed by atoms with Crippen molar-refractivity contribution in [2.24, 2.45) is 23.5 Å². The Labute approximate surface area is 259 Å². The van der Waals surface area contributed by atoms with Gasteiger partial charge in [0.1, 0.15) is 0 Å². The van der Waals surface area contributed by atoms with Gasteiger partial charge in [0.2, 0.25) is 5.91 Å². The quantitative estimate of drug-likeness (QED) is 0.183. The second kappa shape index (κ2) is 21.4. The third-order valence-electron chi connectivity index (χ3n) is 7.82. The van der Waals surface area contributed by atoms with Gasteiger partial charge in [-0.05, 0) is 61.6 Å². The van der Waals surface area contributed by atoms with Gasteiger partial charge in [0.05, 0.1) is 25.9 Å². The summed E-state index contributed by atoms with van der Waals surface area (Å²) in [5.74, 6) is 1.66. The standard InChI is InChI=1S/C30H53N3O6.2ClH/c1-21(2)24(18-23-7-8-28(38-5)29(19-23)39-16-6-15-37-4)20-26(31)27(35)17-22(3)30(36)32-11-14-33-12-9-25(34)10-13-33;;/h7-8,19,21-22,24-27,34-35H,6,9-18,20,31H2,1-5H3,(H,32,36);2*1H/t22-,24+,26+,27+;;/m1../s1. The summed E-state index contributed by atoms with van der Waals surface area (Å²) in [5, 5.41) is 23.5. The van der Waals surface area contributed by atoms with Gasteiger partial charge in [-0.1, -0.05) is 26.8 Å². The van der Waals surface area contributed by atoms with Crippen LogP contribution in [0, 0.1) is 17.8 Å². The molecule has 0 aromatic heterocycles. The molecule has 1 fully saturated rings. The van der Waals surface area contributed by atoms with E-state index in [9.17, 15) is 15.0 Å². The van der Waals surface area contributed by atoms with Crippen LogP contribution in [0.2, 0.25) is 0 Å². The lowest BCUT2D eigenvalue weighted by Gasteiger charge is -2.30. The van der Waals surface area contributed by atoms with Gasteiger partial charge < -0.3 is 40.4 Å². The molecule has 0 radical (unpaired) electrons. The minimum absolute atomic E-state index is 0. The van der Waals surface area contributed by atoms with Crippen molar-refractivity contribution in [2.75, 3.05) is 53.6 Å². The SMILES string of the molecule is COCCCOc1cc(C[C@@H](C[C@H](N)[C@@H](O)C[C@@H](C)C(=O)NCCN2CCC(O)CC2)C(C)C)ccc1OC.Cl.Cl. The smallest absolute Gasteiger partial charge is 0.222 e. The molecule has 41 heavy (non-hydrogen) atoms. The molecule has 2 rings (SSSR count). The molecule has 5 N–H and O–H groups in total. The Hall–Kier alpha value is -1.33. The molecule has 240 valence electrons. The number of aliphatic hydroxyl groups is 2. The van der Waals surface area contributed by atoms with Crippen molar-refractivity contribution in [2.45, 2.75) is 77.5 Å². The van der Waals surface area contributed by atoms with Crippen molar-refractivity contribution in [1.29, 1.82) is 0 Å². The number of halogens is 2. The van der Waals surface area contributed by atoms with Crippen LogP contribution in [0.25, 0.3) is 0 Å². The number of likely N-dealkylation sites (tertiary alicyclic amines) is 1. The molecule has 1 amide bonds. The zero-order valence-corrected chi connectivity index (χ0v) is 27.2. The van der Waals surface area contributed by atoms with E-state index in [2.05, 4.69) is 30.1 Å². The number of amides is 1. The van der Waals surface area contributed by atoms with Gasteiger partial charge in [0, 0.05) is 58.3 Å². The highest BCUT2D eigenvalue weighted by atomic mass is 35.5. The second-order valence-electron chi connectivity index (χ2n) is 11.4. The molecule has 11 heteroatoms. The predicted molar refractivity (Wildman–Crippen MR) is 169 cm³/mol. The van der Waals surface area contributed by atoms with Crippen molar-refractivity contribution in [3.8, 4) is 11.5 Å². The number of ether oxygens (including phenoxy) is 3. The normalized spacial score (nSPS) is 17.1. The first-order valence-corrected chi connectivity index (χ1v) is 14.5. The Bertz CT molecular complexity index is 842. The minimum atomic E-state index is -0.758. The summed E-state index contributed by atoms with van der Waals surface area (Å²) in [6.07, 6.45) is 3.20. The number of nitrogens with two attached hydrogens (primary N) is 1. The molecule has 9 nitrogen and oxygen atoms in total. The topological polar surface area (TPSA) is 127 Å². The molecule has 4 atom stereocenters. The number of benzene rings is 1. The van der Waals surface area contributed by atoms with Gasteiger partial charge in [0.25, 0.3) is 0 Å². The van der Waals surface area contributed by atoms with Crippen molar-refractivity contribution in [3.05, 3.63) is 23.8 Å². The van der Waals surface area contributed by atoms with E-state index in [1.165, 1.54) is 0 Å². The summed E-state index contributed by atoms with van der Waals surface area (Å²) in [6.45, 7) is 10.4. The van der Waals surface area contributed by atoms with Crippen molar-refractivity contribution in [3.63, 3.8) is 0 Å². The largest absolute Gasteiger partial charge is 0.493 e. The summed E-state index contributed by atoms with van der Waals surface area (Å²) >= 11 is 0. The lowest BCUT2D eigenvalue weighted by atomic mass is 9.82. The molecule has 0 saturated carbocycles. The molecule has 1 saturated heterocycles. The number of carbonyl (C=O) groups excluding carboxylic acids is 1. The molecule has 1 aliphatic heterocycles. The maximum absolute atomic E-state index is 12.6. The average molecular weight is 625 g/mol. The van der Waals surface area contributed by atoms with Crippen LogP contribution in [0.5, 0.6) is 11.5 Å². The van der Waals surface area contributed by atoms with E-state index in [1.54, 1.807) is 14.2 Å². The summed E-state index contributed by atoms with van der Waals surface area (Å²) in [5.41, 5.74) is 7.60. The number of nitrogens with zero attached hydrogens (tertiary/aromatic N) is 1. The van der Waals surface area contributed by atoms with Crippen LogP contribution in [-0.4, -0.2) is 92.9 Å². The fraction of sp³-hybridized carbons (Fsp3) is 0.767. The molecular formula is C30H55Cl2N3O6. The van der Waals surface area contributed by atoms with E-state index >= 15 is 0 Å². The fourth-order valence-electron chi connectivity index (χ4n) is 5.05. The molecule has 0 aliphatic carbocycles. The minimum Gasteiger partial charge on any atom is -0.493 e. The van der Waals surface area contributed by atoms with Crippen LogP contribution >= 0.6 is 24.8 Å². The highest BCUT2D eigenvalue weighted by Gasteiger charge is 2.26. The molecule has 1 aromatic rings. The first kappa shape index (κ1) is 39.7. The molecule has 1 aliphatic rings. The second-order valence-corrected chi connectivity index (χ2v) is 11.4. The molecule has 1 heterocycles. The lowest BCUT2D eigenvalue weighted by molar-refractivity contribution is -0.125. The van der Waals surface area contributed by atoms with Crippen molar-refractivity contribution >= 4 is 30.7 Å². The van der Waals surface area contributed by atoms with Crippen molar-refractivity contribution in [1.82, 2.24) is 10.2 Å². The van der Waals surface area contributed by atoms with Gasteiger partial charge in [-0.15, -0.1) is 24.8 Å². The number of carbonyl (C=O) groups is 1. The number of piperidine rings is 1. The zero-order chi connectivity index (χ0) is 28.8. The first-order chi connectivity index (χ1) is 18.6. The van der Waals surface area contributed by atoms with Gasteiger partial charge in [-0.25, -0.2) is 0 Å². The third kappa shape index (κ3) is 14.6. The van der Waals surface area contributed by atoms with Crippen molar-refractivity contribution < 1.29 is 29.2 Å². The van der Waals surface area contributed by atoms with E-state index in [0.717, 1.165) is 56.6 Å². The van der Waals surface area contributed by atoms with Crippen LogP contribution in [0.15, 0.2) is 18.2 Å². The molecule has 0 bridgehead atoms. The van der Waals surface area contributed by atoms with E-state index in [1.807, 2.05) is 19.1 Å². The average Bonchev–Trinajstić information content (AvgIpc) is 2.91. The Balaban J connectivity index is 0.00000800. The Kier molecular flexibility index (Phi) is 20.7. The monoisotopic (exact) mass is 623 g/mol. The molecule has 0 spiro atoms. The number of rotatable bonds is 18. The predicted octanol–water partition coefficient (Wildman–Crippen LogP) is 3.45. The van der Waals surface area contributed by atoms with Gasteiger partial charge in [-0.2, -0.15) is 0 Å². The van der Waals surface area contributed by atoms with Crippen LogP contribution in [0.1, 0.15) is 58.4 Å². The Morgan fingerprint density at radius 2 is 1.78 bits per heavy atom. The maximum atomic E-state index is 12.6. The number of hydrogen-bond donors (Lipinski definition) is 4. The number of methoxy groups -OCH3 is 2. The Morgan fingerprint density at radius 1 is 1.10 bits per heavy atom. The van der Waals surface area contributed by atoms with Gasteiger partial charge >= 0.3 is 0 Å². The van der Waals surface area contributed by atoms with E-state index in [4.69, 9.17) is 19.9 Å². The highest BCUT2D eigenvalue weighted by Crippen LogP contribution is 2.31. The van der Waals surface area contributed by atoms with Gasteiger partial charge in [0.15, 0.2) is 11.5 Å². The zero-order valence-electron chi connectivity index (χ0n) is 25.5. The number of aliphatic hydroxyl groups excluding tert-OH is 2. The van der Waals surface area contributed by atoms with Gasteiger partial charge in [-0.3, -0.25) is 4.79 Å². The summed E-state index contributed by atoms with van der Waals surface area (Å²) in [7, 11) is 3.31. The van der Waals surface area contributed by atoms with Crippen LogP contribution < -0.4 is 20.5 Å². The number of hydrogen-bond acceptors (Lipinski definition) is 8. The van der Waals surface area contributed by atoms with E-state index in [0.29, 0.717) is 44.3 Å². The highest BCUT2D eigenvalue weighted by molar-refractivity contribution is 5.85. The summed E-state index contributed by atoms with van der Waals surface area (Å²) in [6, 6.07) is 5.59. The summed E-state index contributed by atoms with van der Waals surface area (Å²) in [4.78, 5) is 14.9. The number of nitrogens with one attached hydrogen (secondary N) is 1. The molecule has 0 unspecified atom stereocenters. The summed E-state index contributed by atoms with van der Waals surface area (Å²) < 4.78 is 16.5. The Morgan fingerprint density at radius 3 is 2.39 bits per heavy atom. The maximum Gasteiger partial charge on any atom is 0.222 e. The van der Waals surface area contributed by atoms with E-state index < -0.39 is 12.1 Å². The van der Waals surface area contributed by atoms with Crippen LogP contribution in [0.3, 0.4) is 0 Å². The molecular weight excluding hydrogens is 569 g/mol. The van der Waals surface area contributed by atoms with Crippen LogP contribution in [-0.2, 0) is 16.0 Å². The molecule has 1 aromatic carbocycles. The van der Waals surface area contributed by atoms with Crippen LogP contribution in [0.4, 0.5) is 0 Å². The lowest BCUT2D eigenvalue weighted by Crippen LogP contribution is -2.43. The fourth-order valence-corrected chi connectivity index (χ4v) is 5.05. The third-order valence-corrected chi connectivity index (χ3v) is 7.82. The van der Waals surface area contributed by atoms with E-state index in [-0.39, 0.29) is 48.7 Å².